The van der Waals surface area contributed by atoms with Crippen LogP contribution in [0.5, 0.6) is 0 Å². The van der Waals surface area contributed by atoms with Gasteiger partial charge in [-0.15, -0.1) is 0 Å². The van der Waals surface area contributed by atoms with E-state index >= 15 is 0 Å². The molecule has 0 spiro atoms. The van der Waals surface area contributed by atoms with Crippen molar-refractivity contribution in [3.05, 3.63) is 54.1 Å². The van der Waals surface area contributed by atoms with Gasteiger partial charge in [-0.2, -0.15) is 0 Å². The van der Waals surface area contributed by atoms with Crippen molar-refractivity contribution in [2.75, 3.05) is 44.2 Å². The molecule has 1 N–H and O–H groups in total. The topological polar surface area (TPSA) is 61.4 Å². The summed E-state index contributed by atoms with van der Waals surface area (Å²) in [7, 11) is 0. The second-order valence-corrected chi connectivity index (χ2v) is 6.37. The van der Waals surface area contributed by atoms with Crippen molar-refractivity contribution in [3.8, 4) is 0 Å². The summed E-state index contributed by atoms with van der Waals surface area (Å²) in [5.74, 6) is -0.155. The van der Waals surface area contributed by atoms with Gasteiger partial charge in [0.15, 0.2) is 0 Å². The van der Waals surface area contributed by atoms with E-state index in [4.69, 9.17) is 0 Å². The first-order valence-electron chi connectivity index (χ1n) is 8.80. The van der Waals surface area contributed by atoms with Crippen LogP contribution in [0, 0.1) is 6.92 Å². The van der Waals surface area contributed by atoms with Gasteiger partial charge in [0.05, 0.1) is 6.20 Å². The number of carbonyl (C=O) groups is 1. The molecule has 0 radical (unpaired) electrons. The van der Waals surface area contributed by atoms with Gasteiger partial charge >= 0.3 is 0 Å². The molecule has 1 aromatic carbocycles. The molecule has 1 aliphatic rings. The number of nitrogens with zero attached hydrogens (tertiary/aromatic N) is 4. The molecule has 1 aliphatic heterocycles. The first-order chi connectivity index (χ1) is 12.2. The second kappa shape index (κ2) is 8.58. The number of piperazine rings is 1. The van der Waals surface area contributed by atoms with Crippen molar-refractivity contribution < 1.29 is 4.79 Å². The lowest BCUT2D eigenvalue weighted by Gasteiger charge is -2.36. The molecule has 0 atom stereocenters. The highest BCUT2D eigenvalue weighted by atomic mass is 16.1. The molecule has 0 saturated carbocycles. The Hall–Kier alpha value is -2.47. The molecule has 2 aromatic rings. The Morgan fingerprint density at radius 2 is 2.04 bits per heavy atom. The van der Waals surface area contributed by atoms with Crippen LogP contribution in [-0.4, -0.2) is 60.0 Å². The van der Waals surface area contributed by atoms with Crippen LogP contribution in [0.25, 0.3) is 0 Å². The molecule has 2 heterocycles. The van der Waals surface area contributed by atoms with E-state index in [0.717, 1.165) is 39.1 Å². The normalized spacial score (nSPS) is 15.2. The lowest BCUT2D eigenvalue weighted by atomic mass is 10.2. The van der Waals surface area contributed by atoms with Gasteiger partial charge in [-0.3, -0.25) is 14.7 Å². The summed E-state index contributed by atoms with van der Waals surface area (Å²) >= 11 is 0. The van der Waals surface area contributed by atoms with E-state index in [2.05, 4.69) is 56.3 Å². The highest BCUT2D eigenvalue weighted by Crippen LogP contribution is 2.17. The van der Waals surface area contributed by atoms with E-state index in [-0.39, 0.29) is 5.91 Å². The van der Waals surface area contributed by atoms with Crippen LogP contribution in [0.15, 0.2) is 42.9 Å². The van der Waals surface area contributed by atoms with E-state index in [1.807, 2.05) is 0 Å². The third-order valence-corrected chi connectivity index (χ3v) is 4.47. The van der Waals surface area contributed by atoms with Crippen LogP contribution in [0.4, 0.5) is 5.69 Å². The van der Waals surface area contributed by atoms with E-state index in [9.17, 15) is 4.79 Å². The molecule has 6 heteroatoms. The molecule has 25 heavy (non-hydrogen) atoms. The van der Waals surface area contributed by atoms with E-state index < -0.39 is 0 Å². The third-order valence-electron chi connectivity index (χ3n) is 4.47. The fourth-order valence-electron chi connectivity index (χ4n) is 3.07. The highest BCUT2D eigenvalue weighted by Gasteiger charge is 2.17. The summed E-state index contributed by atoms with van der Waals surface area (Å²) < 4.78 is 0. The number of benzene rings is 1. The van der Waals surface area contributed by atoms with Gasteiger partial charge in [0.1, 0.15) is 5.69 Å². The Kier molecular flexibility index (Phi) is 5.95. The van der Waals surface area contributed by atoms with Crippen molar-refractivity contribution in [2.45, 2.75) is 13.3 Å². The SMILES string of the molecule is Cc1cccc(N2CCN(CCCNC(=O)c3cnccn3)CC2)c1. The predicted molar refractivity (Wildman–Crippen MR) is 98.8 cm³/mol. The number of aryl methyl sites for hydroxylation is 1. The highest BCUT2D eigenvalue weighted by molar-refractivity contribution is 5.91. The Balaban J connectivity index is 1.35. The van der Waals surface area contributed by atoms with Gasteiger partial charge in [0.25, 0.3) is 5.91 Å². The van der Waals surface area contributed by atoms with E-state index in [1.165, 1.54) is 23.6 Å². The van der Waals surface area contributed by atoms with Crippen molar-refractivity contribution >= 4 is 11.6 Å². The van der Waals surface area contributed by atoms with Crippen LogP contribution in [-0.2, 0) is 0 Å². The van der Waals surface area contributed by atoms with Gasteiger partial charge in [-0.1, -0.05) is 12.1 Å². The van der Waals surface area contributed by atoms with Crippen LogP contribution in [0.1, 0.15) is 22.5 Å². The molecule has 1 fully saturated rings. The van der Waals surface area contributed by atoms with Gasteiger partial charge in [0.2, 0.25) is 0 Å². The van der Waals surface area contributed by atoms with E-state index in [0.29, 0.717) is 12.2 Å². The number of amides is 1. The maximum absolute atomic E-state index is 11.9. The van der Waals surface area contributed by atoms with Gasteiger partial charge in [-0.05, 0) is 37.6 Å². The third kappa shape index (κ3) is 5.00. The molecule has 1 saturated heterocycles. The van der Waals surface area contributed by atoms with Crippen molar-refractivity contribution in [3.63, 3.8) is 0 Å². The van der Waals surface area contributed by atoms with Crippen molar-refractivity contribution in [1.82, 2.24) is 20.2 Å². The summed E-state index contributed by atoms with van der Waals surface area (Å²) in [6, 6.07) is 8.69. The molecular weight excluding hydrogens is 314 g/mol. The maximum Gasteiger partial charge on any atom is 0.271 e. The molecule has 0 aliphatic carbocycles. The summed E-state index contributed by atoms with van der Waals surface area (Å²) in [4.78, 5) is 24.7. The van der Waals surface area contributed by atoms with Crippen molar-refractivity contribution in [2.24, 2.45) is 0 Å². The zero-order chi connectivity index (χ0) is 17.5. The Morgan fingerprint density at radius 1 is 1.20 bits per heavy atom. The zero-order valence-corrected chi connectivity index (χ0v) is 14.7. The standard InChI is InChI=1S/C19H25N5O/c1-16-4-2-5-17(14-16)24-12-10-23(11-13-24)9-3-6-22-19(25)18-15-20-7-8-21-18/h2,4-5,7-8,14-15H,3,6,9-13H2,1H3,(H,22,25). The number of hydrogen-bond donors (Lipinski definition) is 1. The summed E-state index contributed by atoms with van der Waals surface area (Å²) in [5, 5.41) is 2.90. The number of aromatic nitrogens is 2. The lowest BCUT2D eigenvalue weighted by Crippen LogP contribution is -2.47. The Morgan fingerprint density at radius 3 is 2.76 bits per heavy atom. The minimum Gasteiger partial charge on any atom is -0.369 e. The van der Waals surface area contributed by atoms with Crippen LogP contribution < -0.4 is 10.2 Å². The fraction of sp³-hybridized carbons (Fsp3) is 0.421. The smallest absolute Gasteiger partial charge is 0.271 e. The quantitative estimate of drug-likeness (QED) is 0.812. The molecule has 1 aromatic heterocycles. The number of anilines is 1. The molecule has 6 nitrogen and oxygen atoms in total. The number of nitrogens with one attached hydrogen (secondary N) is 1. The van der Waals surface area contributed by atoms with Gasteiger partial charge in [0, 0.05) is 50.8 Å². The minimum atomic E-state index is -0.155. The predicted octanol–water partition coefficient (Wildman–Crippen LogP) is 1.73. The summed E-state index contributed by atoms with van der Waals surface area (Å²) in [6.45, 7) is 8.02. The largest absolute Gasteiger partial charge is 0.369 e. The minimum absolute atomic E-state index is 0.155. The molecular formula is C19H25N5O. The second-order valence-electron chi connectivity index (χ2n) is 6.37. The van der Waals surface area contributed by atoms with Crippen LogP contribution >= 0.6 is 0 Å². The molecule has 0 unspecified atom stereocenters. The summed E-state index contributed by atoms with van der Waals surface area (Å²) in [6.07, 6.45) is 5.52. The lowest BCUT2D eigenvalue weighted by molar-refractivity contribution is 0.0946. The van der Waals surface area contributed by atoms with E-state index in [1.54, 1.807) is 6.20 Å². The average Bonchev–Trinajstić information content (AvgIpc) is 2.66. The molecule has 3 rings (SSSR count). The first-order valence-corrected chi connectivity index (χ1v) is 8.80. The van der Waals surface area contributed by atoms with Crippen LogP contribution in [0.3, 0.4) is 0 Å². The van der Waals surface area contributed by atoms with Crippen molar-refractivity contribution in [1.29, 1.82) is 0 Å². The van der Waals surface area contributed by atoms with Gasteiger partial charge < -0.3 is 10.2 Å². The first kappa shape index (κ1) is 17.4. The Labute approximate surface area is 148 Å². The average molecular weight is 339 g/mol. The Bertz CT molecular complexity index is 683. The fourth-order valence-corrected chi connectivity index (χ4v) is 3.07. The van der Waals surface area contributed by atoms with Crippen LogP contribution in [0.2, 0.25) is 0 Å². The van der Waals surface area contributed by atoms with Gasteiger partial charge in [-0.25, -0.2) is 4.98 Å². The molecule has 132 valence electrons. The maximum atomic E-state index is 11.9. The monoisotopic (exact) mass is 339 g/mol. The molecule has 0 bridgehead atoms. The number of hydrogen-bond acceptors (Lipinski definition) is 5. The number of rotatable bonds is 6. The summed E-state index contributed by atoms with van der Waals surface area (Å²) in [5.41, 5.74) is 2.99. The zero-order valence-electron chi connectivity index (χ0n) is 14.7. The number of carbonyl (C=O) groups excluding carboxylic acids is 1. The molecule has 1 amide bonds.